The molecule has 10 heteroatoms. The maximum atomic E-state index is 12.5. The lowest BCUT2D eigenvalue weighted by molar-refractivity contribution is 0.0682. The van der Waals surface area contributed by atoms with Gasteiger partial charge in [0.25, 0.3) is 0 Å². The van der Waals surface area contributed by atoms with Crippen LogP contribution in [-0.2, 0) is 0 Å². The second kappa shape index (κ2) is 11.7. The Balaban J connectivity index is 1.24. The minimum atomic E-state index is -1.09. The Morgan fingerprint density at radius 1 is 0.409 bits per heavy atom. The molecule has 218 valence electrons. The van der Waals surface area contributed by atoms with Crippen LogP contribution in [-0.4, -0.2) is 22.2 Å². The number of carboxylic acid groups (broad SMARTS) is 2. The second-order valence-electron chi connectivity index (χ2n) is 10.0. The molecule has 0 aliphatic carbocycles. The summed E-state index contributed by atoms with van der Waals surface area (Å²) < 4.78 is 0. The van der Waals surface area contributed by atoms with Gasteiger partial charge in [0, 0.05) is 69.7 Å². The molecule has 0 amide bonds. The summed E-state index contributed by atoms with van der Waals surface area (Å²) in [5, 5.41) is 20.5. The maximum absolute atomic E-state index is 12.5. The Labute approximate surface area is 277 Å². The largest absolute Gasteiger partial charge is 0.478 e. The highest BCUT2D eigenvalue weighted by Crippen LogP contribution is 2.45. The average Bonchev–Trinajstić information content (AvgIpc) is 3.84. The Hall–Kier alpha value is -3.64. The molecule has 2 N–H and O–H groups in total. The zero-order valence-electron chi connectivity index (χ0n) is 23.2. The van der Waals surface area contributed by atoms with Gasteiger partial charge in [-0.15, -0.1) is 68.0 Å². The van der Waals surface area contributed by atoms with Crippen molar-refractivity contribution in [2.24, 2.45) is 0 Å². The van der Waals surface area contributed by atoms with Gasteiger partial charge in [-0.2, -0.15) is 0 Å². The van der Waals surface area contributed by atoms with Crippen molar-refractivity contribution in [1.82, 2.24) is 0 Å². The molecular formula is C34H22O4S6. The monoisotopic (exact) mass is 686 g/mol. The quantitative estimate of drug-likeness (QED) is 0.167. The summed E-state index contributed by atoms with van der Waals surface area (Å²) >= 11 is 9.84. The Morgan fingerprint density at radius 2 is 0.659 bits per heavy atom. The lowest BCUT2D eigenvalue weighted by atomic mass is 9.96. The molecule has 7 rings (SSSR count). The first-order valence-electron chi connectivity index (χ1n) is 13.4. The van der Waals surface area contributed by atoms with E-state index in [2.05, 4.69) is 62.4 Å². The van der Waals surface area contributed by atoms with E-state index in [9.17, 15) is 19.8 Å². The first-order valence-corrected chi connectivity index (χ1v) is 18.3. The summed E-state index contributed by atoms with van der Waals surface area (Å²) in [6, 6.07) is 27.6. The fourth-order valence-corrected chi connectivity index (χ4v) is 11.1. The third-order valence-electron chi connectivity index (χ3n) is 7.03. The zero-order valence-corrected chi connectivity index (χ0v) is 28.1. The number of hydrogen-bond acceptors (Lipinski definition) is 8. The van der Waals surface area contributed by atoms with Crippen molar-refractivity contribution >= 4 is 80.0 Å². The van der Waals surface area contributed by atoms with E-state index in [1.54, 1.807) is 45.3 Å². The van der Waals surface area contributed by atoms with Crippen LogP contribution in [0, 0.1) is 13.8 Å². The van der Waals surface area contributed by atoms with E-state index in [1.807, 2.05) is 24.3 Å². The van der Waals surface area contributed by atoms with E-state index in [0.29, 0.717) is 11.1 Å². The Kier molecular flexibility index (Phi) is 7.74. The lowest BCUT2D eigenvalue weighted by Gasteiger charge is -2.11. The van der Waals surface area contributed by atoms with Crippen LogP contribution in [0.1, 0.15) is 30.5 Å². The molecular weight excluding hydrogens is 665 g/mol. The van der Waals surface area contributed by atoms with Crippen molar-refractivity contribution in [2.75, 3.05) is 0 Å². The number of carbonyl (C=O) groups is 2. The predicted molar refractivity (Wildman–Crippen MR) is 190 cm³/mol. The van der Waals surface area contributed by atoms with Gasteiger partial charge in [0.05, 0.1) is 11.1 Å². The lowest BCUT2D eigenvalue weighted by Crippen LogP contribution is -2.05. The average molecular weight is 687 g/mol. The molecule has 0 saturated heterocycles. The molecule has 0 atom stereocenters. The fraction of sp³-hybridized carbons (Fsp3) is 0.0588. The number of aromatic carboxylic acids is 2. The van der Waals surface area contributed by atoms with E-state index in [4.69, 9.17) is 0 Å². The predicted octanol–water partition coefficient (Wildman–Crippen LogP) is 12.1. The number of thiophene rings is 6. The summed E-state index contributed by atoms with van der Waals surface area (Å²) in [7, 11) is 0. The van der Waals surface area contributed by atoms with Gasteiger partial charge in [-0.3, -0.25) is 0 Å². The van der Waals surface area contributed by atoms with Gasteiger partial charge >= 0.3 is 11.9 Å². The minimum Gasteiger partial charge on any atom is -0.478 e. The van der Waals surface area contributed by atoms with Gasteiger partial charge in [-0.25, -0.2) is 9.59 Å². The van der Waals surface area contributed by atoms with Crippen LogP contribution in [0.5, 0.6) is 0 Å². The van der Waals surface area contributed by atoms with Crippen LogP contribution in [0.25, 0.3) is 59.9 Å². The SMILES string of the molecule is Cc1ccc(-c2ccc(-c3ccc(-c4cc(C(=O)O)c(-c5ccc(-c6ccc(-c7ccc(C)s7)s6)s5)cc4C(=O)O)s3)s2)s1. The van der Waals surface area contributed by atoms with Crippen molar-refractivity contribution in [1.29, 1.82) is 0 Å². The highest BCUT2D eigenvalue weighted by atomic mass is 32.1. The fourth-order valence-electron chi connectivity index (χ4n) is 4.93. The highest BCUT2D eigenvalue weighted by Gasteiger charge is 2.23. The molecule has 1 aromatic carbocycles. The van der Waals surface area contributed by atoms with Crippen molar-refractivity contribution in [3.05, 3.63) is 106 Å². The maximum Gasteiger partial charge on any atom is 0.336 e. The molecule has 0 aliphatic heterocycles. The van der Waals surface area contributed by atoms with Gasteiger partial charge in [-0.05, 0) is 98.8 Å². The Morgan fingerprint density at radius 3 is 0.932 bits per heavy atom. The molecule has 0 radical (unpaired) electrons. The van der Waals surface area contributed by atoms with Crippen LogP contribution in [0.3, 0.4) is 0 Å². The second-order valence-corrected chi connectivity index (χ2v) is 16.9. The van der Waals surface area contributed by atoms with Crippen molar-refractivity contribution in [3.8, 4) is 59.9 Å². The smallest absolute Gasteiger partial charge is 0.336 e. The summed E-state index contributed by atoms with van der Waals surface area (Å²) in [5.74, 6) is -2.18. The number of hydrogen-bond donors (Lipinski definition) is 2. The van der Waals surface area contributed by atoms with Gasteiger partial charge < -0.3 is 10.2 Å². The molecule has 0 saturated carbocycles. The van der Waals surface area contributed by atoms with Gasteiger partial charge in [0.1, 0.15) is 0 Å². The summed E-state index contributed by atoms with van der Waals surface area (Å²) in [6.07, 6.45) is 0. The van der Waals surface area contributed by atoms with E-state index in [-0.39, 0.29) is 11.1 Å². The van der Waals surface area contributed by atoms with E-state index in [0.717, 1.165) is 29.3 Å². The summed E-state index contributed by atoms with van der Waals surface area (Å²) in [6.45, 7) is 4.18. The van der Waals surface area contributed by atoms with Crippen molar-refractivity contribution in [2.45, 2.75) is 13.8 Å². The van der Waals surface area contributed by atoms with Crippen LogP contribution >= 0.6 is 68.0 Å². The number of carboxylic acids is 2. The minimum absolute atomic E-state index is 0.0840. The summed E-state index contributed by atoms with van der Waals surface area (Å²) in [5.41, 5.74) is 0.986. The molecule has 44 heavy (non-hydrogen) atoms. The zero-order chi connectivity index (χ0) is 30.5. The van der Waals surface area contributed by atoms with Crippen LogP contribution in [0.4, 0.5) is 0 Å². The third-order valence-corrected chi connectivity index (χ3v) is 14.2. The number of aryl methyl sites for hydroxylation is 2. The molecule has 0 unspecified atom stereocenters. The van der Waals surface area contributed by atoms with E-state index < -0.39 is 11.9 Å². The molecule has 0 fully saturated rings. The van der Waals surface area contributed by atoms with Crippen LogP contribution in [0.2, 0.25) is 0 Å². The van der Waals surface area contributed by atoms with Crippen LogP contribution in [0.15, 0.2) is 84.9 Å². The molecule has 7 aromatic rings. The molecule has 0 spiro atoms. The summed E-state index contributed by atoms with van der Waals surface area (Å²) in [4.78, 5) is 38.0. The molecule has 6 aromatic heterocycles. The Bertz CT molecular complexity index is 2020. The standard InChI is InChI=1S/C34H22O4S6/c1-17-3-5-25(39-17)27-11-13-31(43-27)29-9-7-23(41-29)19-15-22(34(37)38)20(16-21(19)33(35)36)24-8-10-30(42-24)32-14-12-28(44-32)26-6-4-18(2)40-26/h3-16H,1-2H3,(H,35,36)(H,37,38). The molecule has 6 heterocycles. The van der Waals surface area contributed by atoms with E-state index in [1.165, 1.54) is 64.1 Å². The van der Waals surface area contributed by atoms with Crippen molar-refractivity contribution in [3.63, 3.8) is 0 Å². The topological polar surface area (TPSA) is 74.6 Å². The van der Waals surface area contributed by atoms with Gasteiger partial charge in [-0.1, -0.05) is 0 Å². The third kappa shape index (κ3) is 5.53. The van der Waals surface area contributed by atoms with E-state index >= 15 is 0 Å². The van der Waals surface area contributed by atoms with Gasteiger partial charge in [0.2, 0.25) is 0 Å². The van der Waals surface area contributed by atoms with Crippen LogP contribution < -0.4 is 0 Å². The van der Waals surface area contributed by atoms with Gasteiger partial charge in [0.15, 0.2) is 0 Å². The normalized spacial score (nSPS) is 11.3. The molecule has 4 nitrogen and oxygen atoms in total. The first kappa shape index (κ1) is 29.1. The number of benzene rings is 1. The highest BCUT2D eigenvalue weighted by molar-refractivity contribution is 7.28. The number of rotatable bonds is 8. The first-order chi connectivity index (χ1) is 21.2. The molecule has 0 aliphatic rings. The van der Waals surface area contributed by atoms with Crippen molar-refractivity contribution < 1.29 is 19.8 Å². The molecule has 0 bridgehead atoms.